The van der Waals surface area contributed by atoms with Crippen molar-refractivity contribution in [3.8, 4) is 0 Å². The van der Waals surface area contributed by atoms with Crippen LogP contribution in [0.3, 0.4) is 0 Å². The molecule has 0 aromatic carbocycles. The van der Waals surface area contributed by atoms with Crippen LogP contribution in [0.15, 0.2) is 24.8 Å². The molecular weight excluding hydrogens is 404 g/mol. The largest absolute Gasteiger partial charge is 0.471 e. The van der Waals surface area contributed by atoms with Crippen LogP contribution in [-0.4, -0.2) is 48.6 Å². The number of unbranched alkanes of at least 4 members (excludes halogenated alkanes) is 3. The van der Waals surface area contributed by atoms with Crippen LogP contribution in [0.5, 0.6) is 0 Å². The third-order valence-corrected chi connectivity index (χ3v) is 5.93. The molecule has 1 N–H and O–H groups in total. The Kier molecular flexibility index (Phi) is 15.3. The molecule has 0 heterocycles. The lowest BCUT2D eigenvalue weighted by molar-refractivity contribution is -0.173. The number of carbonyl (C=O) groups is 1. The van der Waals surface area contributed by atoms with E-state index in [2.05, 4.69) is 38.9 Å². The van der Waals surface area contributed by atoms with Crippen LogP contribution in [0.25, 0.3) is 0 Å². The van der Waals surface area contributed by atoms with Gasteiger partial charge in [0.25, 0.3) is 8.53 Å². The van der Waals surface area contributed by atoms with Crippen LogP contribution in [-0.2, 0) is 13.8 Å². The maximum atomic E-state index is 12.1. The van der Waals surface area contributed by atoms with Crippen molar-refractivity contribution in [1.29, 1.82) is 0 Å². The molecule has 0 aliphatic rings. The lowest BCUT2D eigenvalue weighted by Crippen LogP contribution is -2.37. The van der Waals surface area contributed by atoms with Crippen LogP contribution in [0, 0.1) is 0 Å². The summed E-state index contributed by atoms with van der Waals surface area (Å²) in [6.07, 6.45) is 4.40. The Bertz CT molecular complexity index is 478. The summed E-state index contributed by atoms with van der Waals surface area (Å²) in [7, 11) is -1.18. The standard InChI is InChI=1S/C20H36F3N2O3P/c1-6-7-8-12-15-27-29(25(17(2)3)18(4)5)28-16-13-10-9-11-14-24-19(26)20(21,22)23/h6-8,17-18H,1,9-16H2,2-5H3,(H,24,26)/b8-7-. The highest BCUT2D eigenvalue weighted by Gasteiger charge is 2.38. The molecular formula is C20H36F3N2O3P. The van der Waals surface area contributed by atoms with E-state index in [9.17, 15) is 18.0 Å². The summed E-state index contributed by atoms with van der Waals surface area (Å²) in [6.45, 7) is 13.2. The lowest BCUT2D eigenvalue weighted by Gasteiger charge is -2.35. The summed E-state index contributed by atoms with van der Waals surface area (Å²) >= 11 is 0. The molecule has 0 saturated carbocycles. The van der Waals surface area contributed by atoms with E-state index in [4.69, 9.17) is 9.05 Å². The quantitative estimate of drug-likeness (QED) is 0.189. The second-order valence-electron chi connectivity index (χ2n) is 7.09. The first-order valence-electron chi connectivity index (χ1n) is 10.1. The molecule has 1 unspecified atom stereocenters. The first-order valence-corrected chi connectivity index (χ1v) is 11.2. The molecule has 0 aliphatic carbocycles. The number of halogens is 3. The molecule has 0 fully saturated rings. The summed E-state index contributed by atoms with van der Waals surface area (Å²) in [5.74, 6) is -1.88. The molecule has 0 bridgehead atoms. The summed E-state index contributed by atoms with van der Waals surface area (Å²) in [5, 5.41) is 1.88. The summed E-state index contributed by atoms with van der Waals surface area (Å²) < 4.78 is 50.5. The van der Waals surface area contributed by atoms with Crippen LogP contribution in [0.2, 0.25) is 0 Å². The van der Waals surface area contributed by atoms with Crippen molar-refractivity contribution in [3.63, 3.8) is 0 Å². The van der Waals surface area contributed by atoms with E-state index in [0.717, 1.165) is 25.7 Å². The summed E-state index contributed by atoms with van der Waals surface area (Å²) in [6, 6.07) is 0.559. The zero-order valence-electron chi connectivity index (χ0n) is 18.0. The van der Waals surface area contributed by atoms with Gasteiger partial charge in [0.05, 0.1) is 13.2 Å². The van der Waals surface area contributed by atoms with Crippen molar-refractivity contribution in [2.75, 3.05) is 19.8 Å². The van der Waals surface area contributed by atoms with Gasteiger partial charge in [0.1, 0.15) is 0 Å². The van der Waals surface area contributed by atoms with Gasteiger partial charge in [-0.2, -0.15) is 13.2 Å². The first kappa shape index (κ1) is 28.1. The number of hydrogen-bond donors (Lipinski definition) is 1. The number of rotatable bonds is 16. The predicted octanol–water partition coefficient (Wildman–Crippen LogP) is 5.74. The Morgan fingerprint density at radius 3 is 2.21 bits per heavy atom. The molecule has 29 heavy (non-hydrogen) atoms. The zero-order valence-corrected chi connectivity index (χ0v) is 18.9. The van der Waals surface area contributed by atoms with Gasteiger partial charge in [-0.25, -0.2) is 4.67 Å². The second kappa shape index (κ2) is 15.8. The number of alkyl halides is 3. The zero-order chi connectivity index (χ0) is 22.3. The van der Waals surface area contributed by atoms with Gasteiger partial charge >= 0.3 is 12.1 Å². The minimum absolute atomic E-state index is 0.0295. The Hall–Kier alpha value is -0.950. The number of nitrogens with zero attached hydrogens (tertiary/aromatic N) is 1. The van der Waals surface area contributed by atoms with Crippen molar-refractivity contribution in [2.45, 2.75) is 78.1 Å². The van der Waals surface area contributed by atoms with E-state index in [1.807, 2.05) is 17.5 Å². The number of hydrogen-bond acceptors (Lipinski definition) is 4. The van der Waals surface area contributed by atoms with E-state index in [-0.39, 0.29) is 18.6 Å². The number of nitrogens with one attached hydrogen (secondary N) is 1. The smallest absolute Gasteiger partial charge is 0.348 e. The lowest BCUT2D eigenvalue weighted by atomic mass is 10.2. The predicted molar refractivity (Wildman–Crippen MR) is 112 cm³/mol. The van der Waals surface area contributed by atoms with Gasteiger partial charge in [0, 0.05) is 18.6 Å². The van der Waals surface area contributed by atoms with Gasteiger partial charge < -0.3 is 14.4 Å². The highest BCUT2D eigenvalue weighted by Crippen LogP contribution is 2.46. The van der Waals surface area contributed by atoms with Crippen molar-refractivity contribution in [2.24, 2.45) is 0 Å². The molecule has 170 valence electrons. The Morgan fingerprint density at radius 1 is 1.07 bits per heavy atom. The highest BCUT2D eigenvalue weighted by molar-refractivity contribution is 7.44. The monoisotopic (exact) mass is 440 g/mol. The SMILES string of the molecule is C=C/C=C\CCOP(OCCCCCCNC(=O)C(F)(F)F)N(C(C)C)C(C)C. The maximum absolute atomic E-state index is 12.1. The van der Waals surface area contributed by atoms with E-state index in [0.29, 0.717) is 19.6 Å². The third-order valence-electron chi connectivity index (χ3n) is 3.82. The number of allylic oxidation sites excluding steroid dienone is 2. The minimum Gasteiger partial charge on any atom is -0.348 e. The topological polar surface area (TPSA) is 50.8 Å². The fraction of sp³-hybridized carbons (Fsp3) is 0.750. The molecule has 0 radical (unpaired) electrons. The number of amides is 1. The van der Waals surface area contributed by atoms with Gasteiger partial charge in [0.15, 0.2) is 0 Å². The molecule has 0 aromatic heterocycles. The average Bonchev–Trinajstić information content (AvgIpc) is 2.61. The second-order valence-corrected chi connectivity index (χ2v) is 8.55. The molecule has 0 rings (SSSR count). The third kappa shape index (κ3) is 13.8. The minimum atomic E-state index is -4.81. The van der Waals surface area contributed by atoms with Crippen LogP contribution in [0.4, 0.5) is 13.2 Å². The molecule has 9 heteroatoms. The van der Waals surface area contributed by atoms with Gasteiger partial charge in [-0.05, 0) is 47.0 Å². The molecule has 0 aromatic rings. The fourth-order valence-electron chi connectivity index (χ4n) is 2.56. The maximum Gasteiger partial charge on any atom is 0.471 e. The van der Waals surface area contributed by atoms with Gasteiger partial charge in [-0.3, -0.25) is 4.79 Å². The van der Waals surface area contributed by atoms with E-state index in [1.165, 1.54) is 0 Å². The van der Waals surface area contributed by atoms with E-state index >= 15 is 0 Å². The van der Waals surface area contributed by atoms with Crippen molar-refractivity contribution >= 4 is 14.4 Å². The first-order chi connectivity index (χ1) is 13.6. The Morgan fingerprint density at radius 2 is 1.66 bits per heavy atom. The fourth-order valence-corrected chi connectivity index (χ4v) is 4.20. The van der Waals surface area contributed by atoms with Crippen LogP contribution < -0.4 is 5.32 Å². The van der Waals surface area contributed by atoms with Crippen LogP contribution in [0.1, 0.15) is 59.8 Å². The van der Waals surface area contributed by atoms with E-state index < -0.39 is 20.6 Å². The molecule has 1 amide bonds. The summed E-state index contributed by atoms with van der Waals surface area (Å²) in [5.41, 5.74) is 0. The normalized spacial score (nSPS) is 13.6. The number of carbonyl (C=O) groups excluding carboxylic acids is 1. The highest BCUT2D eigenvalue weighted by atomic mass is 31.2. The Labute approximate surface area is 174 Å². The van der Waals surface area contributed by atoms with Crippen LogP contribution >= 0.6 is 8.53 Å². The molecule has 1 atom stereocenters. The van der Waals surface area contributed by atoms with E-state index in [1.54, 1.807) is 6.08 Å². The Balaban J connectivity index is 4.22. The molecule has 0 spiro atoms. The van der Waals surface area contributed by atoms with Gasteiger partial charge in [-0.1, -0.05) is 37.6 Å². The molecule has 0 saturated heterocycles. The molecule has 0 aliphatic heterocycles. The van der Waals surface area contributed by atoms with Crippen molar-refractivity contribution in [1.82, 2.24) is 9.99 Å². The average molecular weight is 440 g/mol. The van der Waals surface area contributed by atoms with Gasteiger partial charge in [-0.15, -0.1) is 0 Å². The van der Waals surface area contributed by atoms with Crippen molar-refractivity contribution < 1.29 is 27.0 Å². The van der Waals surface area contributed by atoms with Gasteiger partial charge in [0.2, 0.25) is 0 Å². The molecule has 5 nitrogen and oxygen atoms in total. The summed E-state index contributed by atoms with van der Waals surface area (Å²) in [4.78, 5) is 10.7. The van der Waals surface area contributed by atoms with Crippen molar-refractivity contribution in [3.05, 3.63) is 24.8 Å².